The maximum Gasteiger partial charge on any atom is 0.353 e. The second-order valence-corrected chi connectivity index (χ2v) is 5.93. The predicted octanol–water partition coefficient (Wildman–Crippen LogP) is 2.44. The number of nitrogens with zero attached hydrogens (tertiary/aromatic N) is 1. The van der Waals surface area contributed by atoms with Crippen LogP contribution in [-0.4, -0.2) is 23.1 Å². The number of carbonyl (C=O) groups is 1. The van der Waals surface area contributed by atoms with Gasteiger partial charge in [-0.1, -0.05) is 45.0 Å². The number of nitrogens with one attached hydrogen (secondary N) is 1. The zero-order valence-electron chi connectivity index (χ0n) is 11.8. The maximum absolute atomic E-state index is 11.0. The van der Waals surface area contributed by atoms with Crippen LogP contribution in [0.3, 0.4) is 0 Å². The smallest absolute Gasteiger partial charge is 0.353 e. The topological polar surface area (TPSA) is 52.6 Å². The Morgan fingerprint density at radius 2 is 1.84 bits per heavy atom. The van der Waals surface area contributed by atoms with Crippen LogP contribution in [0.25, 0.3) is 0 Å². The van der Waals surface area contributed by atoms with Crippen molar-refractivity contribution < 1.29 is 9.90 Å². The van der Waals surface area contributed by atoms with E-state index < -0.39 is 5.97 Å². The molecule has 19 heavy (non-hydrogen) atoms. The summed E-state index contributed by atoms with van der Waals surface area (Å²) in [6.45, 7) is 6.52. The maximum atomic E-state index is 11.0. The molecule has 0 amide bonds. The number of benzene rings is 1. The van der Waals surface area contributed by atoms with Gasteiger partial charge in [0.15, 0.2) is 0 Å². The first kappa shape index (κ1) is 13.6. The van der Waals surface area contributed by atoms with E-state index in [4.69, 9.17) is 5.11 Å². The second-order valence-electron chi connectivity index (χ2n) is 5.93. The highest BCUT2D eigenvalue weighted by molar-refractivity contribution is 5.86. The third-order valence-electron chi connectivity index (χ3n) is 3.39. The van der Waals surface area contributed by atoms with E-state index in [1.165, 1.54) is 5.56 Å². The summed E-state index contributed by atoms with van der Waals surface area (Å²) >= 11 is 0. The molecule has 1 atom stereocenters. The van der Waals surface area contributed by atoms with Gasteiger partial charge >= 0.3 is 5.97 Å². The number of likely N-dealkylation sites (N-methyl/N-ethyl adjacent to an activating group) is 1. The largest absolute Gasteiger partial charge is 0.477 e. The summed E-state index contributed by atoms with van der Waals surface area (Å²) in [6.07, 6.45) is 1.73. The van der Waals surface area contributed by atoms with Crippen molar-refractivity contribution in [2.24, 2.45) is 0 Å². The lowest BCUT2D eigenvalue weighted by atomic mass is 9.86. The fourth-order valence-electron chi connectivity index (χ4n) is 2.19. The average molecular weight is 260 g/mol. The van der Waals surface area contributed by atoms with Crippen LogP contribution in [0.2, 0.25) is 0 Å². The molecule has 0 bridgehead atoms. The molecule has 4 heteroatoms. The van der Waals surface area contributed by atoms with Gasteiger partial charge in [-0.15, -0.1) is 0 Å². The summed E-state index contributed by atoms with van der Waals surface area (Å²) in [5.74, 6) is -0.930. The Morgan fingerprint density at radius 3 is 2.26 bits per heavy atom. The summed E-state index contributed by atoms with van der Waals surface area (Å²) < 4.78 is 0. The zero-order chi connectivity index (χ0) is 14.2. The Labute approximate surface area is 113 Å². The minimum absolute atomic E-state index is 0.0416. The predicted molar refractivity (Wildman–Crippen MR) is 74.5 cm³/mol. The fraction of sp³-hybridized carbons (Fsp3) is 0.400. The monoisotopic (exact) mass is 260 g/mol. The number of hydrazine groups is 1. The van der Waals surface area contributed by atoms with Crippen molar-refractivity contribution in [3.63, 3.8) is 0 Å². The Balaban J connectivity index is 2.26. The van der Waals surface area contributed by atoms with Crippen LogP contribution >= 0.6 is 0 Å². The second kappa shape index (κ2) is 4.70. The summed E-state index contributed by atoms with van der Waals surface area (Å²) in [6, 6.07) is 8.29. The van der Waals surface area contributed by atoms with Gasteiger partial charge in [0, 0.05) is 7.05 Å². The molecule has 2 N–H and O–H groups in total. The molecule has 0 aliphatic carbocycles. The van der Waals surface area contributed by atoms with E-state index in [1.807, 2.05) is 7.05 Å². The Kier molecular flexibility index (Phi) is 3.37. The first-order valence-electron chi connectivity index (χ1n) is 6.34. The van der Waals surface area contributed by atoms with Crippen LogP contribution in [0.4, 0.5) is 0 Å². The van der Waals surface area contributed by atoms with Crippen molar-refractivity contribution in [1.82, 2.24) is 10.4 Å². The average Bonchev–Trinajstić information content (AvgIpc) is 2.70. The molecule has 1 aromatic rings. The minimum Gasteiger partial charge on any atom is -0.477 e. The molecule has 1 aliphatic heterocycles. The van der Waals surface area contributed by atoms with E-state index in [0.717, 1.165) is 5.56 Å². The Morgan fingerprint density at radius 1 is 1.26 bits per heavy atom. The number of hydrogen-bond acceptors (Lipinski definition) is 3. The molecule has 1 unspecified atom stereocenters. The molecule has 0 saturated heterocycles. The molecule has 2 rings (SSSR count). The van der Waals surface area contributed by atoms with E-state index in [0.29, 0.717) is 0 Å². The molecular formula is C15H20N2O2. The lowest BCUT2D eigenvalue weighted by molar-refractivity contribution is -0.133. The third-order valence-corrected chi connectivity index (χ3v) is 3.39. The van der Waals surface area contributed by atoms with Gasteiger partial charge in [0.2, 0.25) is 0 Å². The van der Waals surface area contributed by atoms with Gasteiger partial charge in [0.05, 0.1) is 6.04 Å². The molecule has 1 aliphatic rings. The van der Waals surface area contributed by atoms with Crippen molar-refractivity contribution in [3.8, 4) is 0 Å². The first-order valence-corrected chi connectivity index (χ1v) is 6.34. The van der Waals surface area contributed by atoms with Gasteiger partial charge in [0.1, 0.15) is 5.70 Å². The highest BCUT2D eigenvalue weighted by Crippen LogP contribution is 2.28. The van der Waals surface area contributed by atoms with Crippen LogP contribution < -0.4 is 5.43 Å². The van der Waals surface area contributed by atoms with Crippen LogP contribution in [-0.2, 0) is 10.2 Å². The highest BCUT2D eigenvalue weighted by Gasteiger charge is 2.26. The summed E-state index contributed by atoms with van der Waals surface area (Å²) in [7, 11) is 1.84. The molecule has 0 radical (unpaired) electrons. The molecule has 102 valence electrons. The number of rotatable bonds is 2. The van der Waals surface area contributed by atoms with E-state index in [-0.39, 0.29) is 17.2 Å². The van der Waals surface area contributed by atoms with Crippen molar-refractivity contribution in [2.75, 3.05) is 7.05 Å². The number of carboxylic acid groups (broad SMARTS) is 1. The molecule has 0 saturated carbocycles. The Hall–Kier alpha value is -1.81. The zero-order valence-corrected chi connectivity index (χ0v) is 11.8. The highest BCUT2D eigenvalue weighted by atomic mass is 16.4. The number of aliphatic carboxylic acids is 1. The molecule has 0 aromatic heterocycles. The van der Waals surface area contributed by atoms with Crippen LogP contribution in [0.1, 0.15) is 37.9 Å². The van der Waals surface area contributed by atoms with Gasteiger partial charge in [-0.2, -0.15) is 0 Å². The fourth-order valence-corrected chi connectivity index (χ4v) is 2.19. The van der Waals surface area contributed by atoms with Crippen LogP contribution in [0, 0.1) is 0 Å². The van der Waals surface area contributed by atoms with E-state index >= 15 is 0 Å². The van der Waals surface area contributed by atoms with Gasteiger partial charge in [-0.25, -0.2) is 9.80 Å². The van der Waals surface area contributed by atoms with Crippen molar-refractivity contribution in [1.29, 1.82) is 0 Å². The molecule has 4 nitrogen and oxygen atoms in total. The molecule has 0 fully saturated rings. The lowest BCUT2D eigenvalue weighted by Crippen LogP contribution is -2.31. The van der Waals surface area contributed by atoms with Gasteiger partial charge in [-0.05, 0) is 22.6 Å². The van der Waals surface area contributed by atoms with E-state index in [9.17, 15) is 4.79 Å². The summed E-state index contributed by atoms with van der Waals surface area (Å²) in [5, 5.41) is 10.8. The molecule has 1 aromatic carbocycles. The SMILES string of the molecule is CN1NC(C(=O)O)=CC1c1ccc(C(C)(C)C)cc1. The van der Waals surface area contributed by atoms with Gasteiger partial charge < -0.3 is 10.5 Å². The lowest BCUT2D eigenvalue weighted by Gasteiger charge is -2.22. The summed E-state index contributed by atoms with van der Waals surface area (Å²) in [4.78, 5) is 11.0. The molecular weight excluding hydrogens is 240 g/mol. The van der Waals surface area contributed by atoms with Crippen molar-refractivity contribution in [2.45, 2.75) is 32.2 Å². The number of hydrogen-bond donors (Lipinski definition) is 2. The van der Waals surface area contributed by atoms with Crippen molar-refractivity contribution >= 4 is 5.97 Å². The van der Waals surface area contributed by atoms with Crippen LogP contribution in [0.5, 0.6) is 0 Å². The number of carboxylic acids is 1. The first-order chi connectivity index (χ1) is 8.79. The van der Waals surface area contributed by atoms with E-state index in [1.54, 1.807) is 11.1 Å². The Bertz CT molecular complexity index is 512. The van der Waals surface area contributed by atoms with Crippen molar-refractivity contribution in [3.05, 3.63) is 47.2 Å². The normalized spacial score (nSPS) is 20.0. The van der Waals surface area contributed by atoms with Crippen LogP contribution in [0.15, 0.2) is 36.0 Å². The quantitative estimate of drug-likeness (QED) is 0.857. The van der Waals surface area contributed by atoms with E-state index in [2.05, 4.69) is 50.5 Å². The summed E-state index contributed by atoms with van der Waals surface area (Å²) in [5.41, 5.74) is 5.55. The van der Waals surface area contributed by atoms with Gasteiger partial charge in [-0.3, -0.25) is 0 Å². The molecule has 1 heterocycles. The minimum atomic E-state index is -0.930. The van der Waals surface area contributed by atoms with Gasteiger partial charge in [0.25, 0.3) is 0 Å². The third kappa shape index (κ3) is 2.79. The standard InChI is InChI=1S/C15H20N2O2/c1-15(2,3)11-7-5-10(6-8-11)13-9-12(14(18)19)16-17(13)4/h5-9,13,16H,1-4H3,(H,18,19). The molecule has 0 spiro atoms.